The molecular weight excluding hydrogens is 318 g/mol. The van der Waals surface area contributed by atoms with Crippen molar-refractivity contribution < 1.29 is 14.3 Å². The van der Waals surface area contributed by atoms with Crippen LogP contribution in [-0.2, 0) is 11.3 Å². The molecule has 2 N–H and O–H groups in total. The topological polar surface area (TPSA) is 76.2 Å². The normalized spacial score (nSPS) is 13.4. The predicted octanol–water partition coefficient (Wildman–Crippen LogP) is 3.54. The molecule has 0 aliphatic carbocycles. The summed E-state index contributed by atoms with van der Waals surface area (Å²) >= 11 is 0. The van der Waals surface area contributed by atoms with Crippen LogP contribution in [-0.4, -0.2) is 29.5 Å². The molecule has 126 valence electrons. The molecule has 25 heavy (non-hydrogen) atoms. The molecule has 0 fully saturated rings. The fourth-order valence-corrected chi connectivity index (χ4v) is 3.03. The Morgan fingerprint density at radius 3 is 2.84 bits per heavy atom. The van der Waals surface area contributed by atoms with Gasteiger partial charge in [-0.2, -0.15) is 0 Å². The smallest absolute Gasteiger partial charge is 0.192 e. The maximum atomic E-state index is 12.5. The van der Waals surface area contributed by atoms with E-state index in [1.54, 1.807) is 19.5 Å². The molecule has 0 radical (unpaired) electrons. The summed E-state index contributed by atoms with van der Waals surface area (Å²) in [5, 5.41) is 3.38. The molecule has 3 heterocycles. The number of carbonyl (C=O) groups is 1. The number of H-pyrrole nitrogens is 1. The van der Waals surface area contributed by atoms with Gasteiger partial charge >= 0.3 is 0 Å². The first-order chi connectivity index (χ1) is 12.3. The second-order valence-electron chi connectivity index (χ2n) is 5.71. The van der Waals surface area contributed by atoms with Crippen LogP contribution in [0.1, 0.15) is 16.1 Å². The molecule has 4 rings (SSSR count). The Labute approximate surface area is 144 Å². The van der Waals surface area contributed by atoms with Gasteiger partial charge in [-0.3, -0.25) is 9.78 Å². The Balaban J connectivity index is 1.90. The zero-order chi connectivity index (χ0) is 17.2. The number of anilines is 2. The number of nitrogens with one attached hydrogen (secondary N) is 2. The van der Waals surface area contributed by atoms with Crippen LogP contribution in [0.15, 0.2) is 48.8 Å². The molecule has 0 bridgehead atoms. The fourth-order valence-electron chi connectivity index (χ4n) is 3.03. The average molecular weight is 335 g/mol. The third-order valence-electron chi connectivity index (χ3n) is 4.15. The monoisotopic (exact) mass is 335 g/mol. The van der Waals surface area contributed by atoms with Gasteiger partial charge in [0.2, 0.25) is 0 Å². The Kier molecular flexibility index (Phi) is 3.95. The van der Waals surface area contributed by atoms with E-state index in [9.17, 15) is 4.79 Å². The molecule has 3 aromatic rings. The summed E-state index contributed by atoms with van der Waals surface area (Å²) in [7, 11) is 1.60. The van der Waals surface area contributed by atoms with Crippen molar-refractivity contribution >= 4 is 17.2 Å². The average Bonchev–Trinajstić information content (AvgIpc) is 3.02. The van der Waals surface area contributed by atoms with Gasteiger partial charge in [0.15, 0.2) is 5.78 Å². The predicted molar refractivity (Wildman–Crippen MR) is 94.3 cm³/mol. The van der Waals surface area contributed by atoms with Crippen LogP contribution >= 0.6 is 0 Å². The maximum absolute atomic E-state index is 12.5. The van der Waals surface area contributed by atoms with E-state index in [0.717, 1.165) is 28.3 Å². The highest BCUT2D eigenvalue weighted by atomic mass is 16.5. The second kappa shape index (κ2) is 6.41. The highest BCUT2D eigenvalue weighted by molar-refractivity contribution is 6.08. The molecule has 2 aromatic heterocycles. The SMILES string of the molecule is COc1cnccc1-c1[nH]c2c(c1Nc1ccccc1)C(=O)COC2. The Hall–Kier alpha value is -3.12. The number of aromatic amines is 1. The number of pyridine rings is 1. The van der Waals surface area contributed by atoms with Crippen molar-refractivity contribution in [3.8, 4) is 17.0 Å². The number of para-hydroxylation sites is 1. The van der Waals surface area contributed by atoms with Crippen LogP contribution in [0.4, 0.5) is 11.4 Å². The molecular formula is C19H17N3O3. The third-order valence-corrected chi connectivity index (χ3v) is 4.15. The van der Waals surface area contributed by atoms with Crippen molar-refractivity contribution in [2.24, 2.45) is 0 Å². The number of ketones is 1. The van der Waals surface area contributed by atoms with E-state index in [1.165, 1.54) is 0 Å². The van der Waals surface area contributed by atoms with Crippen LogP contribution in [0.5, 0.6) is 5.75 Å². The number of nitrogens with zero attached hydrogens (tertiary/aromatic N) is 1. The number of Topliss-reactive ketones (excluding diaryl/α,β-unsaturated/α-hetero) is 1. The van der Waals surface area contributed by atoms with Gasteiger partial charge in [0.1, 0.15) is 12.4 Å². The molecule has 1 aromatic carbocycles. The van der Waals surface area contributed by atoms with Gasteiger partial charge in [0, 0.05) is 17.4 Å². The number of hydrogen-bond acceptors (Lipinski definition) is 5. The summed E-state index contributed by atoms with van der Waals surface area (Å²) in [6.07, 6.45) is 3.35. The molecule has 0 atom stereocenters. The molecule has 0 unspecified atom stereocenters. The number of fused-ring (bicyclic) bond motifs is 1. The minimum Gasteiger partial charge on any atom is -0.494 e. The van der Waals surface area contributed by atoms with E-state index in [1.807, 2.05) is 36.4 Å². The first kappa shape index (κ1) is 15.4. The van der Waals surface area contributed by atoms with Crippen molar-refractivity contribution in [3.05, 3.63) is 60.0 Å². The van der Waals surface area contributed by atoms with Crippen LogP contribution in [0.2, 0.25) is 0 Å². The largest absolute Gasteiger partial charge is 0.494 e. The summed E-state index contributed by atoms with van der Waals surface area (Å²) in [4.78, 5) is 19.9. The van der Waals surface area contributed by atoms with Crippen LogP contribution in [0.25, 0.3) is 11.3 Å². The van der Waals surface area contributed by atoms with E-state index >= 15 is 0 Å². The van der Waals surface area contributed by atoms with Gasteiger partial charge in [-0.15, -0.1) is 0 Å². The lowest BCUT2D eigenvalue weighted by Crippen LogP contribution is -2.18. The van der Waals surface area contributed by atoms with Gasteiger partial charge in [-0.05, 0) is 18.2 Å². The van der Waals surface area contributed by atoms with E-state index in [-0.39, 0.29) is 12.4 Å². The lowest BCUT2D eigenvalue weighted by molar-refractivity contribution is 0.0660. The molecule has 0 amide bonds. The maximum Gasteiger partial charge on any atom is 0.192 e. The highest BCUT2D eigenvalue weighted by Gasteiger charge is 2.28. The first-order valence-corrected chi connectivity index (χ1v) is 7.94. The van der Waals surface area contributed by atoms with Gasteiger partial charge in [0.25, 0.3) is 0 Å². The Morgan fingerprint density at radius 1 is 1.20 bits per heavy atom. The number of aromatic nitrogens is 2. The molecule has 0 spiro atoms. The number of carbonyl (C=O) groups excluding carboxylic acids is 1. The Morgan fingerprint density at radius 2 is 2.04 bits per heavy atom. The van der Waals surface area contributed by atoms with E-state index in [0.29, 0.717) is 17.9 Å². The molecule has 1 aliphatic heterocycles. The molecule has 1 aliphatic rings. The lowest BCUT2D eigenvalue weighted by atomic mass is 10.0. The van der Waals surface area contributed by atoms with Gasteiger partial charge in [-0.25, -0.2) is 0 Å². The third kappa shape index (κ3) is 2.77. The van der Waals surface area contributed by atoms with Crippen molar-refractivity contribution in [2.75, 3.05) is 19.0 Å². The quantitative estimate of drug-likeness (QED) is 0.762. The molecule has 6 nitrogen and oxygen atoms in total. The number of methoxy groups -OCH3 is 1. The number of ether oxygens (including phenoxy) is 2. The summed E-state index contributed by atoms with van der Waals surface area (Å²) < 4.78 is 10.8. The zero-order valence-electron chi connectivity index (χ0n) is 13.7. The van der Waals surface area contributed by atoms with Crippen LogP contribution in [0.3, 0.4) is 0 Å². The van der Waals surface area contributed by atoms with Crippen LogP contribution < -0.4 is 10.1 Å². The number of hydrogen-bond donors (Lipinski definition) is 2. The second-order valence-corrected chi connectivity index (χ2v) is 5.71. The minimum atomic E-state index is -0.0461. The molecule has 6 heteroatoms. The van der Waals surface area contributed by atoms with Crippen molar-refractivity contribution in [1.82, 2.24) is 9.97 Å². The van der Waals surface area contributed by atoms with E-state index < -0.39 is 0 Å². The highest BCUT2D eigenvalue weighted by Crippen LogP contribution is 2.40. The number of rotatable bonds is 4. The van der Waals surface area contributed by atoms with Gasteiger partial charge in [-0.1, -0.05) is 18.2 Å². The number of benzene rings is 1. The van der Waals surface area contributed by atoms with E-state index in [4.69, 9.17) is 9.47 Å². The van der Waals surface area contributed by atoms with Gasteiger partial charge < -0.3 is 19.8 Å². The fraction of sp³-hybridized carbons (Fsp3) is 0.158. The summed E-state index contributed by atoms with van der Waals surface area (Å²) in [5.74, 6) is 0.584. The van der Waals surface area contributed by atoms with Gasteiger partial charge in [0.05, 0.1) is 42.6 Å². The standard InChI is InChI=1S/C19H17N3O3/c1-24-16-9-20-8-7-13(16)18-19(21-12-5-3-2-4-6-12)17-14(22-18)10-25-11-15(17)23/h2-9,21-22H,10-11H2,1H3. The Bertz CT molecular complexity index is 919. The zero-order valence-corrected chi connectivity index (χ0v) is 13.7. The summed E-state index contributed by atoms with van der Waals surface area (Å²) in [6, 6.07) is 11.6. The minimum absolute atomic E-state index is 0.0461. The van der Waals surface area contributed by atoms with Crippen molar-refractivity contribution in [1.29, 1.82) is 0 Å². The van der Waals surface area contributed by atoms with Crippen molar-refractivity contribution in [3.63, 3.8) is 0 Å². The molecule has 0 saturated carbocycles. The molecule has 0 saturated heterocycles. The first-order valence-electron chi connectivity index (χ1n) is 7.94. The van der Waals surface area contributed by atoms with Crippen molar-refractivity contribution in [2.45, 2.75) is 6.61 Å². The summed E-state index contributed by atoms with van der Waals surface area (Å²) in [5.41, 5.74) is 4.66. The lowest BCUT2D eigenvalue weighted by Gasteiger charge is -2.14. The summed E-state index contributed by atoms with van der Waals surface area (Å²) in [6.45, 7) is 0.458. The van der Waals surface area contributed by atoms with Crippen LogP contribution in [0, 0.1) is 0 Å². The van der Waals surface area contributed by atoms with E-state index in [2.05, 4.69) is 15.3 Å².